The van der Waals surface area contributed by atoms with Gasteiger partial charge in [0.25, 0.3) is 0 Å². The molecule has 96 valence electrons. The van der Waals surface area contributed by atoms with Gasteiger partial charge in [0.15, 0.2) is 0 Å². The first-order valence-electron chi connectivity index (χ1n) is 6.13. The van der Waals surface area contributed by atoms with Gasteiger partial charge in [-0.15, -0.1) is 11.3 Å². The normalized spacial score (nSPS) is 12.7. The van der Waals surface area contributed by atoms with Gasteiger partial charge >= 0.3 is 0 Å². The second-order valence-electron chi connectivity index (χ2n) is 4.49. The first-order valence-corrected chi connectivity index (χ1v) is 7.39. The highest BCUT2D eigenvalue weighted by atomic mass is 35.5. The van der Waals surface area contributed by atoms with E-state index in [2.05, 4.69) is 24.3 Å². The summed E-state index contributed by atoms with van der Waals surface area (Å²) in [7, 11) is 0. The topological polar surface area (TPSA) is 20.2 Å². The van der Waals surface area contributed by atoms with Crippen molar-refractivity contribution in [3.63, 3.8) is 0 Å². The molecule has 3 rings (SSSR count). The zero-order chi connectivity index (χ0) is 13.2. The third-order valence-corrected chi connectivity index (χ3v) is 4.70. The largest absolute Gasteiger partial charge is 0.387 e. The van der Waals surface area contributed by atoms with Gasteiger partial charge in [0.1, 0.15) is 0 Å². The Labute approximate surface area is 121 Å². The van der Waals surface area contributed by atoms with Crippen LogP contribution < -0.4 is 0 Å². The molecule has 1 unspecified atom stereocenters. The Morgan fingerprint density at radius 2 is 1.84 bits per heavy atom. The predicted octanol–water partition coefficient (Wildman–Crippen LogP) is 4.83. The smallest absolute Gasteiger partial charge is 0.0937 e. The van der Waals surface area contributed by atoms with Crippen LogP contribution in [0.4, 0.5) is 0 Å². The minimum Gasteiger partial charge on any atom is -0.387 e. The Bertz CT molecular complexity index is 699. The highest BCUT2D eigenvalue weighted by Crippen LogP contribution is 2.32. The third kappa shape index (κ3) is 2.52. The molecule has 0 saturated heterocycles. The van der Waals surface area contributed by atoms with Crippen LogP contribution in [0.15, 0.2) is 53.9 Å². The molecule has 2 aromatic carbocycles. The summed E-state index contributed by atoms with van der Waals surface area (Å²) in [6.45, 7) is 0. The van der Waals surface area contributed by atoms with E-state index in [1.54, 1.807) is 0 Å². The molecule has 1 nitrogen and oxygen atoms in total. The summed E-state index contributed by atoms with van der Waals surface area (Å²) in [6, 6.07) is 16.2. The van der Waals surface area contributed by atoms with E-state index in [4.69, 9.17) is 11.6 Å². The number of benzene rings is 2. The minimum atomic E-state index is -0.543. The van der Waals surface area contributed by atoms with E-state index in [1.807, 2.05) is 29.6 Å². The van der Waals surface area contributed by atoms with Crippen LogP contribution in [0.3, 0.4) is 0 Å². The second kappa shape index (κ2) is 5.33. The van der Waals surface area contributed by atoms with Crippen LogP contribution in [-0.4, -0.2) is 5.11 Å². The van der Waals surface area contributed by atoms with Crippen molar-refractivity contribution < 1.29 is 5.11 Å². The number of aliphatic hydroxyl groups is 1. The zero-order valence-corrected chi connectivity index (χ0v) is 11.8. The van der Waals surface area contributed by atoms with Crippen molar-refractivity contribution in [2.75, 3.05) is 0 Å². The van der Waals surface area contributed by atoms with Gasteiger partial charge in [0.2, 0.25) is 0 Å². The molecule has 0 saturated carbocycles. The maximum atomic E-state index is 10.3. The Kier molecular flexibility index (Phi) is 3.56. The maximum absolute atomic E-state index is 10.3. The molecule has 19 heavy (non-hydrogen) atoms. The summed E-state index contributed by atoms with van der Waals surface area (Å²) in [5.74, 6) is 0. The molecule has 0 radical (unpaired) electrons. The number of aliphatic hydroxyl groups excluding tert-OH is 1. The summed E-state index contributed by atoms with van der Waals surface area (Å²) in [4.78, 5) is 0.842. The standard InChI is InChI=1S/C16H13ClOS/c17-14-8-9-19-16(14)15(18)10-12-6-3-5-11-4-1-2-7-13(11)12/h1-9,15,18H,10H2. The van der Waals surface area contributed by atoms with Crippen LogP contribution in [0.2, 0.25) is 5.02 Å². The number of fused-ring (bicyclic) bond motifs is 1. The lowest BCUT2D eigenvalue weighted by Gasteiger charge is -2.12. The molecule has 1 atom stereocenters. The molecule has 1 aromatic heterocycles. The maximum Gasteiger partial charge on any atom is 0.0937 e. The summed E-state index contributed by atoms with van der Waals surface area (Å²) in [5.41, 5.74) is 1.15. The molecule has 3 aromatic rings. The van der Waals surface area contributed by atoms with E-state index in [-0.39, 0.29) is 0 Å². The van der Waals surface area contributed by atoms with E-state index < -0.39 is 6.10 Å². The molecule has 0 bridgehead atoms. The van der Waals surface area contributed by atoms with Crippen LogP contribution in [0.1, 0.15) is 16.5 Å². The first-order chi connectivity index (χ1) is 9.25. The number of hydrogen-bond acceptors (Lipinski definition) is 2. The minimum absolute atomic E-state index is 0.543. The van der Waals surface area contributed by atoms with Gasteiger partial charge in [-0.3, -0.25) is 0 Å². The SMILES string of the molecule is OC(Cc1cccc2ccccc12)c1sccc1Cl. The summed E-state index contributed by atoms with van der Waals surface area (Å²) in [6.07, 6.45) is 0.0417. The van der Waals surface area contributed by atoms with Crippen LogP contribution in [-0.2, 0) is 6.42 Å². The van der Waals surface area contributed by atoms with Gasteiger partial charge < -0.3 is 5.11 Å². The van der Waals surface area contributed by atoms with Crippen molar-refractivity contribution in [2.45, 2.75) is 12.5 Å². The van der Waals surface area contributed by atoms with Gasteiger partial charge in [-0.2, -0.15) is 0 Å². The van der Waals surface area contributed by atoms with Crippen molar-refractivity contribution in [3.05, 3.63) is 69.4 Å². The molecule has 0 spiro atoms. The molecule has 1 N–H and O–H groups in total. The fraction of sp³-hybridized carbons (Fsp3) is 0.125. The molecular weight excluding hydrogens is 276 g/mol. The van der Waals surface area contributed by atoms with Crippen molar-refractivity contribution in [1.29, 1.82) is 0 Å². The fourth-order valence-electron chi connectivity index (χ4n) is 2.31. The molecular formula is C16H13ClOS. The Hall–Kier alpha value is -1.35. The Balaban J connectivity index is 1.96. The monoisotopic (exact) mass is 288 g/mol. The molecule has 3 heteroatoms. The molecule has 1 heterocycles. The van der Waals surface area contributed by atoms with E-state index in [0.29, 0.717) is 11.4 Å². The Morgan fingerprint density at radius 1 is 1.05 bits per heavy atom. The van der Waals surface area contributed by atoms with Crippen LogP contribution in [0, 0.1) is 0 Å². The lowest BCUT2D eigenvalue weighted by atomic mass is 9.99. The number of hydrogen-bond donors (Lipinski definition) is 1. The van der Waals surface area contributed by atoms with Crippen molar-refractivity contribution in [2.24, 2.45) is 0 Å². The molecule has 0 amide bonds. The average molecular weight is 289 g/mol. The number of rotatable bonds is 3. The number of thiophene rings is 1. The molecule has 0 fully saturated rings. The summed E-state index contributed by atoms with van der Waals surface area (Å²) < 4.78 is 0. The highest BCUT2D eigenvalue weighted by Gasteiger charge is 2.14. The van der Waals surface area contributed by atoms with E-state index in [9.17, 15) is 5.11 Å². The third-order valence-electron chi connectivity index (χ3n) is 3.24. The second-order valence-corrected chi connectivity index (χ2v) is 5.85. The molecule has 0 aliphatic carbocycles. The highest BCUT2D eigenvalue weighted by molar-refractivity contribution is 7.10. The number of halogens is 1. The summed E-state index contributed by atoms with van der Waals surface area (Å²) in [5, 5.41) is 15.3. The van der Waals surface area contributed by atoms with Gasteiger partial charge in [0.05, 0.1) is 16.0 Å². The van der Waals surface area contributed by atoms with E-state index in [1.165, 1.54) is 22.1 Å². The molecule has 0 aliphatic heterocycles. The van der Waals surface area contributed by atoms with Crippen LogP contribution in [0.5, 0.6) is 0 Å². The van der Waals surface area contributed by atoms with Gasteiger partial charge in [-0.25, -0.2) is 0 Å². The lowest BCUT2D eigenvalue weighted by molar-refractivity contribution is 0.183. The predicted molar refractivity (Wildman–Crippen MR) is 81.9 cm³/mol. The van der Waals surface area contributed by atoms with E-state index in [0.717, 1.165) is 10.4 Å². The molecule has 0 aliphatic rings. The zero-order valence-electron chi connectivity index (χ0n) is 10.2. The van der Waals surface area contributed by atoms with Crippen molar-refractivity contribution >= 4 is 33.7 Å². The fourth-order valence-corrected chi connectivity index (χ4v) is 3.48. The average Bonchev–Trinajstić information content (AvgIpc) is 2.85. The first kappa shape index (κ1) is 12.7. The van der Waals surface area contributed by atoms with Gasteiger partial charge in [-0.1, -0.05) is 54.1 Å². The van der Waals surface area contributed by atoms with Crippen molar-refractivity contribution in [1.82, 2.24) is 0 Å². The van der Waals surface area contributed by atoms with Crippen molar-refractivity contribution in [3.8, 4) is 0 Å². The Morgan fingerprint density at radius 3 is 2.63 bits per heavy atom. The van der Waals surface area contributed by atoms with E-state index >= 15 is 0 Å². The van der Waals surface area contributed by atoms with Gasteiger partial charge in [-0.05, 0) is 27.8 Å². The van der Waals surface area contributed by atoms with Crippen LogP contribution >= 0.6 is 22.9 Å². The quantitative estimate of drug-likeness (QED) is 0.732. The lowest BCUT2D eigenvalue weighted by Crippen LogP contribution is -2.00. The summed E-state index contributed by atoms with van der Waals surface area (Å²) >= 11 is 7.57. The van der Waals surface area contributed by atoms with Crippen LogP contribution in [0.25, 0.3) is 10.8 Å². The van der Waals surface area contributed by atoms with Gasteiger partial charge in [0, 0.05) is 6.42 Å².